The Morgan fingerprint density at radius 1 is 1.09 bits per heavy atom. The number of nitrogens with one attached hydrogen (secondary N) is 1. The minimum Gasteiger partial charge on any atom is -0.341 e. The normalized spacial score (nSPS) is 22.6. The smallest absolute Gasteiger partial charge is 0.341 e. The first-order chi connectivity index (χ1) is 10.4. The van der Waals surface area contributed by atoms with Crippen molar-refractivity contribution in [1.29, 1.82) is 0 Å². The zero-order valence-electron chi connectivity index (χ0n) is 13.0. The number of hydrogen-bond donors (Lipinski definition) is 1. The second-order valence-electron chi connectivity index (χ2n) is 6.36. The molecular weight excluding hydrogens is 295 g/mol. The summed E-state index contributed by atoms with van der Waals surface area (Å²) >= 11 is 0. The van der Waals surface area contributed by atoms with Gasteiger partial charge >= 0.3 is 6.18 Å². The summed E-state index contributed by atoms with van der Waals surface area (Å²) in [7, 11) is 0. The minimum atomic E-state index is -4.16. The third-order valence-corrected chi connectivity index (χ3v) is 4.57. The van der Waals surface area contributed by atoms with Crippen molar-refractivity contribution in [3.63, 3.8) is 0 Å². The molecule has 1 N–H and O–H groups in total. The molecule has 0 aromatic carbocycles. The number of alkyl halides is 3. The van der Waals surface area contributed by atoms with Crippen molar-refractivity contribution in [2.75, 3.05) is 45.8 Å². The van der Waals surface area contributed by atoms with Crippen LogP contribution in [-0.4, -0.2) is 67.7 Å². The Labute approximate surface area is 130 Å². The maximum Gasteiger partial charge on any atom is 0.401 e. The molecule has 0 saturated carbocycles. The van der Waals surface area contributed by atoms with Crippen molar-refractivity contribution in [3.8, 4) is 0 Å². The summed E-state index contributed by atoms with van der Waals surface area (Å²) < 4.78 is 37.3. The van der Waals surface area contributed by atoms with Crippen LogP contribution in [0, 0.1) is 5.92 Å². The topological polar surface area (TPSA) is 35.6 Å². The average Bonchev–Trinajstić information content (AvgIpc) is 2.70. The maximum absolute atomic E-state index is 12.4. The van der Waals surface area contributed by atoms with Crippen LogP contribution in [0.25, 0.3) is 0 Å². The molecule has 0 atom stereocenters. The van der Waals surface area contributed by atoms with Crippen molar-refractivity contribution in [2.24, 2.45) is 5.92 Å². The van der Waals surface area contributed by atoms with Gasteiger partial charge in [-0.25, -0.2) is 0 Å². The van der Waals surface area contributed by atoms with Gasteiger partial charge in [0, 0.05) is 32.6 Å². The van der Waals surface area contributed by atoms with Gasteiger partial charge in [0.1, 0.15) is 0 Å². The third-order valence-electron chi connectivity index (χ3n) is 4.57. The Bertz CT molecular complexity index is 356. The molecule has 0 unspecified atom stereocenters. The van der Waals surface area contributed by atoms with E-state index in [9.17, 15) is 18.0 Å². The van der Waals surface area contributed by atoms with E-state index in [2.05, 4.69) is 5.32 Å². The predicted molar refractivity (Wildman–Crippen MR) is 78.5 cm³/mol. The number of rotatable bonds is 4. The predicted octanol–water partition coefficient (Wildman–Crippen LogP) is 1.86. The van der Waals surface area contributed by atoms with E-state index in [1.54, 1.807) is 4.90 Å². The summed E-state index contributed by atoms with van der Waals surface area (Å²) in [5, 5.41) is 3.30. The molecular formula is C15H26F3N3O. The van der Waals surface area contributed by atoms with Gasteiger partial charge in [-0.15, -0.1) is 0 Å². The van der Waals surface area contributed by atoms with E-state index in [4.69, 9.17) is 0 Å². The molecule has 0 aromatic heterocycles. The number of halogens is 3. The lowest BCUT2D eigenvalue weighted by Crippen LogP contribution is -2.38. The van der Waals surface area contributed by atoms with Crippen molar-refractivity contribution in [2.45, 2.75) is 38.3 Å². The SMILES string of the molecule is O=C(CCC1CCNCC1)N1CCCN(CC(F)(F)F)CC1. The summed E-state index contributed by atoms with van der Waals surface area (Å²) in [6.45, 7) is 2.91. The summed E-state index contributed by atoms with van der Waals surface area (Å²) in [5.41, 5.74) is 0. The summed E-state index contributed by atoms with van der Waals surface area (Å²) in [4.78, 5) is 15.4. The highest BCUT2D eigenvalue weighted by molar-refractivity contribution is 5.76. The van der Waals surface area contributed by atoms with E-state index in [-0.39, 0.29) is 5.91 Å². The minimum absolute atomic E-state index is 0.104. The van der Waals surface area contributed by atoms with Gasteiger partial charge < -0.3 is 10.2 Å². The molecule has 128 valence electrons. The van der Waals surface area contributed by atoms with E-state index in [0.717, 1.165) is 32.4 Å². The van der Waals surface area contributed by atoms with Gasteiger partial charge in [-0.3, -0.25) is 9.69 Å². The summed E-state index contributed by atoms with van der Waals surface area (Å²) in [6.07, 6.45) is 0.135. The number of nitrogens with zero attached hydrogens (tertiary/aromatic N) is 2. The second-order valence-corrected chi connectivity index (χ2v) is 6.36. The molecule has 2 heterocycles. The molecule has 22 heavy (non-hydrogen) atoms. The lowest BCUT2D eigenvalue weighted by atomic mass is 9.93. The molecule has 7 heteroatoms. The Morgan fingerprint density at radius 3 is 2.50 bits per heavy atom. The fourth-order valence-corrected chi connectivity index (χ4v) is 3.29. The van der Waals surface area contributed by atoms with Crippen LogP contribution in [0.2, 0.25) is 0 Å². The Morgan fingerprint density at radius 2 is 1.82 bits per heavy atom. The molecule has 0 aromatic rings. The van der Waals surface area contributed by atoms with E-state index in [1.165, 1.54) is 4.90 Å². The largest absolute Gasteiger partial charge is 0.401 e. The van der Waals surface area contributed by atoms with Crippen LogP contribution in [0.4, 0.5) is 13.2 Å². The van der Waals surface area contributed by atoms with Crippen LogP contribution in [-0.2, 0) is 4.79 Å². The van der Waals surface area contributed by atoms with Gasteiger partial charge in [0.05, 0.1) is 6.54 Å². The Kier molecular flexibility index (Phi) is 6.50. The van der Waals surface area contributed by atoms with Crippen LogP contribution in [0.3, 0.4) is 0 Å². The zero-order chi connectivity index (χ0) is 16.0. The number of carbonyl (C=O) groups is 1. The third kappa shape index (κ3) is 6.12. The molecule has 1 amide bonds. The van der Waals surface area contributed by atoms with Gasteiger partial charge in [0.25, 0.3) is 0 Å². The first-order valence-electron chi connectivity index (χ1n) is 8.21. The average molecular weight is 321 g/mol. The van der Waals surface area contributed by atoms with Gasteiger partial charge in [-0.1, -0.05) is 0 Å². The number of piperidine rings is 1. The molecule has 0 spiro atoms. The molecule has 2 saturated heterocycles. The molecule has 2 fully saturated rings. The molecule has 0 aliphatic carbocycles. The Balaban J connectivity index is 1.71. The van der Waals surface area contributed by atoms with Crippen molar-refractivity contribution >= 4 is 5.91 Å². The van der Waals surface area contributed by atoms with Gasteiger partial charge in [0.15, 0.2) is 0 Å². The van der Waals surface area contributed by atoms with Crippen LogP contribution in [0.15, 0.2) is 0 Å². The number of hydrogen-bond acceptors (Lipinski definition) is 3. The molecule has 2 aliphatic heterocycles. The van der Waals surface area contributed by atoms with Crippen molar-refractivity contribution in [1.82, 2.24) is 15.1 Å². The highest BCUT2D eigenvalue weighted by atomic mass is 19.4. The van der Waals surface area contributed by atoms with Gasteiger partial charge in [-0.2, -0.15) is 13.2 Å². The van der Waals surface area contributed by atoms with Gasteiger partial charge in [0.2, 0.25) is 5.91 Å². The second kappa shape index (κ2) is 8.15. The monoisotopic (exact) mass is 321 g/mol. The fraction of sp³-hybridized carbons (Fsp3) is 0.933. The number of carbonyl (C=O) groups excluding carboxylic acids is 1. The van der Waals surface area contributed by atoms with Crippen LogP contribution in [0.1, 0.15) is 32.1 Å². The van der Waals surface area contributed by atoms with Crippen LogP contribution >= 0.6 is 0 Å². The first kappa shape index (κ1) is 17.5. The first-order valence-corrected chi connectivity index (χ1v) is 8.21. The van der Waals surface area contributed by atoms with Gasteiger partial charge in [-0.05, 0) is 44.7 Å². The molecule has 2 aliphatic rings. The lowest BCUT2D eigenvalue weighted by Gasteiger charge is -2.25. The van der Waals surface area contributed by atoms with E-state index in [1.807, 2.05) is 0 Å². The molecule has 0 bridgehead atoms. The van der Waals surface area contributed by atoms with E-state index >= 15 is 0 Å². The van der Waals surface area contributed by atoms with Crippen molar-refractivity contribution in [3.05, 3.63) is 0 Å². The lowest BCUT2D eigenvalue weighted by molar-refractivity contribution is -0.145. The number of amides is 1. The summed E-state index contributed by atoms with van der Waals surface area (Å²) in [5.74, 6) is 0.714. The molecule has 2 rings (SSSR count). The standard InChI is InChI=1S/C15H26F3N3O/c16-15(17,18)12-20-8-1-9-21(11-10-20)14(22)3-2-13-4-6-19-7-5-13/h13,19H,1-12H2. The Hall–Kier alpha value is -0.820. The van der Waals surface area contributed by atoms with Crippen LogP contribution < -0.4 is 5.32 Å². The highest BCUT2D eigenvalue weighted by Crippen LogP contribution is 2.20. The molecule has 4 nitrogen and oxygen atoms in total. The zero-order valence-corrected chi connectivity index (χ0v) is 13.0. The summed E-state index contributed by atoms with van der Waals surface area (Å²) in [6, 6.07) is 0. The van der Waals surface area contributed by atoms with E-state index < -0.39 is 12.7 Å². The highest BCUT2D eigenvalue weighted by Gasteiger charge is 2.31. The van der Waals surface area contributed by atoms with Crippen molar-refractivity contribution < 1.29 is 18.0 Å². The van der Waals surface area contributed by atoms with E-state index in [0.29, 0.717) is 44.9 Å². The maximum atomic E-state index is 12.4. The van der Waals surface area contributed by atoms with Crippen LogP contribution in [0.5, 0.6) is 0 Å². The molecule has 0 radical (unpaired) electrons. The fourth-order valence-electron chi connectivity index (χ4n) is 3.29. The quantitative estimate of drug-likeness (QED) is 0.858.